The first kappa shape index (κ1) is 9.20. The third kappa shape index (κ3) is 1.64. The molecule has 0 unspecified atom stereocenters. The summed E-state index contributed by atoms with van der Waals surface area (Å²) in [5.41, 5.74) is 5.65. The lowest BCUT2D eigenvalue weighted by atomic mass is 10.3. The number of aromatic carboxylic acids is 1. The normalized spacial score (nSPS) is 10.1. The zero-order valence-electron chi connectivity index (χ0n) is 7.62. The molecule has 0 saturated carbocycles. The first-order valence-electron chi connectivity index (χ1n) is 4.18. The SMILES string of the molecule is Nc1nn(-c2ccccc2)nc1C(=O)[O-]. The fourth-order valence-corrected chi connectivity index (χ4v) is 1.14. The van der Waals surface area contributed by atoms with Crippen LogP contribution in [0.25, 0.3) is 5.69 Å². The molecule has 0 spiro atoms. The number of nitrogens with two attached hydrogens (primary N) is 1. The van der Waals surface area contributed by atoms with Crippen molar-refractivity contribution < 1.29 is 9.90 Å². The standard InChI is InChI=1S/C9H8N4O2/c10-8-7(9(14)15)11-13(12-8)6-4-2-1-3-5-6/h1-5H,(H2,10,12)(H,14,15)/p-1. The van der Waals surface area contributed by atoms with Crippen molar-refractivity contribution in [2.75, 3.05) is 5.73 Å². The molecule has 0 radical (unpaired) electrons. The molecule has 0 aliphatic carbocycles. The second kappa shape index (κ2) is 3.41. The number of hydrogen-bond donors (Lipinski definition) is 1. The van der Waals surface area contributed by atoms with Crippen molar-refractivity contribution in [3.05, 3.63) is 36.0 Å². The van der Waals surface area contributed by atoms with Gasteiger partial charge in [0.25, 0.3) is 0 Å². The Bertz CT molecular complexity index is 492. The van der Waals surface area contributed by atoms with E-state index in [2.05, 4.69) is 10.2 Å². The first-order valence-corrected chi connectivity index (χ1v) is 4.18. The van der Waals surface area contributed by atoms with Crippen molar-refractivity contribution in [3.8, 4) is 5.69 Å². The third-order valence-corrected chi connectivity index (χ3v) is 1.82. The highest BCUT2D eigenvalue weighted by molar-refractivity contribution is 5.88. The van der Waals surface area contributed by atoms with Crippen LogP contribution >= 0.6 is 0 Å². The molecule has 0 aliphatic heterocycles. The molecule has 6 heteroatoms. The minimum Gasteiger partial charge on any atom is -0.543 e. The van der Waals surface area contributed by atoms with Gasteiger partial charge in [-0.3, -0.25) is 0 Å². The van der Waals surface area contributed by atoms with E-state index >= 15 is 0 Å². The van der Waals surface area contributed by atoms with Gasteiger partial charge in [0.2, 0.25) is 0 Å². The van der Waals surface area contributed by atoms with Gasteiger partial charge in [-0.2, -0.15) is 0 Å². The Balaban J connectivity index is 2.48. The predicted octanol–water partition coefficient (Wildman–Crippen LogP) is -0.787. The number of nitrogen functional groups attached to an aromatic ring is 1. The second-order valence-electron chi connectivity index (χ2n) is 2.85. The summed E-state index contributed by atoms with van der Waals surface area (Å²) < 4.78 is 0. The number of carboxylic acid groups (broad SMARTS) is 1. The number of aromatic nitrogens is 3. The highest BCUT2D eigenvalue weighted by Crippen LogP contribution is 2.08. The van der Waals surface area contributed by atoms with Gasteiger partial charge in [0, 0.05) is 0 Å². The Labute approximate surface area is 84.9 Å². The van der Waals surface area contributed by atoms with E-state index in [9.17, 15) is 9.90 Å². The zero-order chi connectivity index (χ0) is 10.8. The molecule has 0 atom stereocenters. The number of carbonyl (C=O) groups is 1. The molecule has 1 heterocycles. The summed E-state index contributed by atoms with van der Waals surface area (Å²) in [5, 5.41) is 18.0. The average Bonchev–Trinajstić information content (AvgIpc) is 2.62. The van der Waals surface area contributed by atoms with E-state index in [1.54, 1.807) is 24.3 Å². The van der Waals surface area contributed by atoms with Gasteiger partial charge in [-0.1, -0.05) is 18.2 Å². The maximum absolute atomic E-state index is 10.6. The Morgan fingerprint density at radius 1 is 1.27 bits per heavy atom. The van der Waals surface area contributed by atoms with E-state index < -0.39 is 5.97 Å². The largest absolute Gasteiger partial charge is 0.543 e. The quantitative estimate of drug-likeness (QED) is 0.690. The van der Waals surface area contributed by atoms with Crippen LogP contribution in [0.4, 0.5) is 5.82 Å². The molecular formula is C9H7N4O2-. The summed E-state index contributed by atoms with van der Waals surface area (Å²) in [6.45, 7) is 0. The highest BCUT2D eigenvalue weighted by atomic mass is 16.4. The molecule has 2 rings (SSSR count). The van der Waals surface area contributed by atoms with Crippen molar-refractivity contribution in [2.45, 2.75) is 0 Å². The summed E-state index contributed by atoms with van der Waals surface area (Å²) in [4.78, 5) is 11.7. The summed E-state index contributed by atoms with van der Waals surface area (Å²) in [6, 6.07) is 8.87. The van der Waals surface area contributed by atoms with E-state index in [1.165, 1.54) is 0 Å². The molecule has 6 nitrogen and oxygen atoms in total. The zero-order valence-corrected chi connectivity index (χ0v) is 7.62. The van der Waals surface area contributed by atoms with E-state index in [0.717, 1.165) is 4.80 Å². The van der Waals surface area contributed by atoms with Gasteiger partial charge < -0.3 is 15.6 Å². The maximum Gasteiger partial charge on any atom is 0.175 e. The fraction of sp³-hybridized carbons (Fsp3) is 0. The van der Waals surface area contributed by atoms with Crippen LogP contribution in [0.5, 0.6) is 0 Å². The molecule has 0 aliphatic rings. The highest BCUT2D eigenvalue weighted by Gasteiger charge is 2.09. The number of hydrogen-bond acceptors (Lipinski definition) is 5. The van der Waals surface area contributed by atoms with Crippen LogP contribution in [0.2, 0.25) is 0 Å². The number of carboxylic acids is 1. The van der Waals surface area contributed by atoms with Crippen LogP contribution in [-0.4, -0.2) is 21.0 Å². The molecule has 0 fully saturated rings. The number of nitrogens with zero attached hydrogens (tertiary/aromatic N) is 3. The lowest BCUT2D eigenvalue weighted by Crippen LogP contribution is -2.24. The lowest BCUT2D eigenvalue weighted by Gasteiger charge is -1.97. The molecule has 1 aromatic heterocycles. The molecule has 15 heavy (non-hydrogen) atoms. The molecule has 0 saturated heterocycles. The Morgan fingerprint density at radius 2 is 1.93 bits per heavy atom. The third-order valence-electron chi connectivity index (χ3n) is 1.82. The van der Waals surface area contributed by atoms with Gasteiger partial charge in [-0.15, -0.1) is 15.0 Å². The van der Waals surface area contributed by atoms with Crippen molar-refractivity contribution in [1.82, 2.24) is 15.0 Å². The smallest absolute Gasteiger partial charge is 0.175 e. The Kier molecular flexibility index (Phi) is 2.09. The summed E-state index contributed by atoms with van der Waals surface area (Å²) >= 11 is 0. The molecule has 76 valence electrons. The molecule has 2 N–H and O–H groups in total. The Morgan fingerprint density at radius 3 is 2.47 bits per heavy atom. The number of rotatable bonds is 2. The lowest BCUT2D eigenvalue weighted by molar-refractivity contribution is -0.255. The van der Waals surface area contributed by atoms with Gasteiger partial charge in [0.05, 0.1) is 11.7 Å². The average molecular weight is 203 g/mol. The van der Waals surface area contributed by atoms with Gasteiger partial charge >= 0.3 is 0 Å². The van der Waals surface area contributed by atoms with Crippen LogP contribution in [-0.2, 0) is 0 Å². The van der Waals surface area contributed by atoms with Crippen molar-refractivity contribution in [3.63, 3.8) is 0 Å². The van der Waals surface area contributed by atoms with Crippen LogP contribution in [0.15, 0.2) is 30.3 Å². The molecule has 1 aromatic carbocycles. The second-order valence-corrected chi connectivity index (χ2v) is 2.85. The monoisotopic (exact) mass is 203 g/mol. The molecular weight excluding hydrogens is 196 g/mol. The molecule has 0 bridgehead atoms. The predicted molar refractivity (Wildman–Crippen MR) is 50.1 cm³/mol. The number of anilines is 1. The van der Waals surface area contributed by atoms with Crippen molar-refractivity contribution >= 4 is 11.8 Å². The van der Waals surface area contributed by atoms with Crippen LogP contribution < -0.4 is 10.8 Å². The minimum atomic E-state index is -1.44. The topological polar surface area (TPSA) is 96.9 Å². The number of para-hydroxylation sites is 1. The van der Waals surface area contributed by atoms with Crippen molar-refractivity contribution in [2.24, 2.45) is 0 Å². The van der Waals surface area contributed by atoms with Crippen LogP contribution in [0.3, 0.4) is 0 Å². The summed E-state index contributed by atoms with van der Waals surface area (Å²) in [6.07, 6.45) is 0. The first-order chi connectivity index (χ1) is 7.18. The maximum atomic E-state index is 10.6. The number of carbonyl (C=O) groups excluding carboxylic acids is 1. The molecule has 0 amide bonds. The van der Waals surface area contributed by atoms with Crippen LogP contribution in [0, 0.1) is 0 Å². The molecule has 2 aromatic rings. The van der Waals surface area contributed by atoms with Gasteiger partial charge in [-0.05, 0) is 12.1 Å². The van der Waals surface area contributed by atoms with Gasteiger partial charge in [0.15, 0.2) is 11.5 Å². The summed E-state index contributed by atoms with van der Waals surface area (Å²) in [7, 11) is 0. The fourth-order valence-electron chi connectivity index (χ4n) is 1.14. The summed E-state index contributed by atoms with van der Waals surface area (Å²) in [5.74, 6) is -1.59. The minimum absolute atomic E-state index is 0.154. The van der Waals surface area contributed by atoms with Crippen LogP contribution in [0.1, 0.15) is 10.5 Å². The van der Waals surface area contributed by atoms with E-state index in [4.69, 9.17) is 5.73 Å². The number of benzene rings is 1. The van der Waals surface area contributed by atoms with E-state index in [0.29, 0.717) is 5.69 Å². The van der Waals surface area contributed by atoms with Gasteiger partial charge in [0.1, 0.15) is 0 Å². The van der Waals surface area contributed by atoms with E-state index in [-0.39, 0.29) is 11.5 Å². The van der Waals surface area contributed by atoms with E-state index in [1.807, 2.05) is 6.07 Å². The van der Waals surface area contributed by atoms with Crippen molar-refractivity contribution in [1.29, 1.82) is 0 Å². The van der Waals surface area contributed by atoms with Gasteiger partial charge in [-0.25, -0.2) is 0 Å². The Hall–Kier alpha value is -2.37.